The molecule has 0 bridgehead atoms. The molecule has 1 aromatic rings. The number of nitrogens with one attached hydrogen (secondary N) is 2. The molecule has 9 heteroatoms. The summed E-state index contributed by atoms with van der Waals surface area (Å²) in [5.74, 6) is 0.412. The van der Waals surface area contributed by atoms with E-state index in [-0.39, 0.29) is 18.0 Å². The van der Waals surface area contributed by atoms with Crippen LogP contribution < -0.4 is 21.5 Å². The number of anilines is 2. The van der Waals surface area contributed by atoms with Crippen LogP contribution >= 0.6 is 0 Å². The zero-order valence-electron chi connectivity index (χ0n) is 39.9. The third-order valence-electron chi connectivity index (χ3n) is 12.4. The largest absolute Gasteiger partial charge is 0.465 e. The summed E-state index contributed by atoms with van der Waals surface area (Å²) >= 11 is 0. The molecule has 0 heterocycles. The Balaban J connectivity index is 2.44. The first-order valence-electron chi connectivity index (χ1n) is 25.6. The van der Waals surface area contributed by atoms with Gasteiger partial charge < -0.3 is 25.0 Å². The predicted molar refractivity (Wildman–Crippen MR) is 255 cm³/mol. The summed E-state index contributed by atoms with van der Waals surface area (Å²) in [6, 6.07) is 0. The number of carbonyl (C=O) groups is 2. The molecule has 0 aliphatic rings. The third kappa shape index (κ3) is 29.0. The Morgan fingerprint density at radius 1 is 0.517 bits per heavy atom. The summed E-state index contributed by atoms with van der Waals surface area (Å²) in [5.41, 5.74) is -0.0956. The molecule has 0 aliphatic carbocycles. The van der Waals surface area contributed by atoms with Gasteiger partial charge in [0, 0.05) is 26.4 Å². The van der Waals surface area contributed by atoms with Gasteiger partial charge in [-0.05, 0) is 89.8 Å². The van der Waals surface area contributed by atoms with Crippen LogP contribution in [0.4, 0.5) is 11.4 Å². The van der Waals surface area contributed by atoms with E-state index in [0.29, 0.717) is 43.3 Å². The van der Waals surface area contributed by atoms with Crippen molar-refractivity contribution >= 4 is 23.3 Å². The SMILES string of the molecule is CCCCCCCCC(CCCCCCCC)COC(=O)CCCCCN(CCCCCCCC(=O)OC(CC)CCCCCCCC)CCCNc1c(NC)c(=O)c1=O. The van der Waals surface area contributed by atoms with Crippen molar-refractivity contribution in [3.8, 4) is 0 Å². The van der Waals surface area contributed by atoms with Gasteiger partial charge in [-0.25, -0.2) is 0 Å². The highest BCUT2D eigenvalue weighted by Gasteiger charge is 2.19. The van der Waals surface area contributed by atoms with Crippen LogP contribution in [-0.2, 0) is 19.1 Å². The maximum absolute atomic E-state index is 12.8. The Bertz CT molecular complexity index is 1210. The van der Waals surface area contributed by atoms with E-state index < -0.39 is 10.9 Å². The average Bonchev–Trinajstić information content (AvgIpc) is 3.25. The zero-order valence-corrected chi connectivity index (χ0v) is 39.9. The monoisotopic (exact) mass is 846 g/mol. The smallest absolute Gasteiger partial charge is 0.306 e. The van der Waals surface area contributed by atoms with Gasteiger partial charge in [0.1, 0.15) is 17.5 Å². The molecule has 1 aromatic carbocycles. The Morgan fingerprint density at radius 3 is 1.48 bits per heavy atom. The minimum atomic E-state index is -0.447. The number of nitrogens with zero attached hydrogens (tertiary/aromatic N) is 1. The molecule has 0 radical (unpaired) electrons. The number of unbranched alkanes of at least 4 members (excludes halogenated alkanes) is 21. The minimum Gasteiger partial charge on any atom is -0.465 e. The Kier molecular flexibility index (Phi) is 36.5. The molecule has 1 unspecified atom stereocenters. The highest BCUT2D eigenvalue weighted by Crippen LogP contribution is 2.21. The maximum atomic E-state index is 12.8. The quantitative estimate of drug-likeness (QED) is 0.0376. The molecular formula is C51H95N3O6. The molecule has 1 rings (SSSR count). The number of esters is 2. The van der Waals surface area contributed by atoms with Crippen molar-refractivity contribution in [1.29, 1.82) is 0 Å². The molecule has 0 spiro atoms. The Labute approximate surface area is 368 Å². The van der Waals surface area contributed by atoms with E-state index in [1.54, 1.807) is 7.05 Å². The molecule has 0 fully saturated rings. The van der Waals surface area contributed by atoms with Crippen molar-refractivity contribution in [1.82, 2.24) is 4.90 Å². The van der Waals surface area contributed by atoms with Crippen molar-refractivity contribution in [3.05, 3.63) is 20.4 Å². The lowest BCUT2D eigenvalue weighted by Crippen LogP contribution is -2.37. The van der Waals surface area contributed by atoms with Crippen molar-refractivity contribution < 1.29 is 19.1 Å². The van der Waals surface area contributed by atoms with Crippen LogP contribution in [0.5, 0.6) is 0 Å². The van der Waals surface area contributed by atoms with Gasteiger partial charge in [-0.3, -0.25) is 19.2 Å². The van der Waals surface area contributed by atoms with E-state index in [2.05, 4.69) is 43.2 Å². The first-order chi connectivity index (χ1) is 29.3. The summed E-state index contributed by atoms with van der Waals surface area (Å²) < 4.78 is 11.7. The van der Waals surface area contributed by atoms with Gasteiger partial charge >= 0.3 is 11.9 Å². The van der Waals surface area contributed by atoms with Crippen LogP contribution in [0, 0.1) is 5.92 Å². The number of hydrogen-bond acceptors (Lipinski definition) is 9. The fraction of sp³-hybridized carbons (Fsp3) is 0.882. The Morgan fingerprint density at radius 2 is 0.950 bits per heavy atom. The lowest BCUT2D eigenvalue weighted by Gasteiger charge is -2.23. The zero-order chi connectivity index (χ0) is 43.9. The number of hydrogen-bond donors (Lipinski definition) is 2. The van der Waals surface area contributed by atoms with Gasteiger partial charge in [-0.2, -0.15) is 0 Å². The lowest BCUT2D eigenvalue weighted by atomic mass is 9.94. The summed E-state index contributed by atoms with van der Waals surface area (Å²) in [5, 5.41) is 6.00. The summed E-state index contributed by atoms with van der Waals surface area (Å²) in [6.45, 7) is 13.0. The average molecular weight is 846 g/mol. The molecule has 0 aromatic heterocycles. The third-order valence-corrected chi connectivity index (χ3v) is 12.4. The highest BCUT2D eigenvalue weighted by atomic mass is 16.5. The van der Waals surface area contributed by atoms with Crippen LogP contribution in [0.2, 0.25) is 0 Å². The van der Waals surface area contributed by atoms with Crippen molar-refractivity contribution in [3.63, 3.8) is 0 Å². The van der Waals surface area contributed by atoms with Crippen molar-refractivity contribution in [2.45, 2.75) is 246 Å². The van der Waals surface area contributed by atoms with Crippen LogP contribution in [-0.4, -0.2) is 62.8 Å². The molecule has 0 saturated heterocycles. The standard InChI is InChI=1S/C51H95N3O6/c1-6-10-13-16-20-26-34-44(35-27-21-17-14-11-7-2)43-59-46(55)37-30-25-32-41-54(42-33-39-53-49-48(52-5)50(57)51(49)58)40-31-24-19-23-29-38-47(56)60-45(9-4)36-28-22-18-15-12-8-3/h44-45,52-53H,6-43H2,1-5H3. The second-order valence-electron chi connectivity index (χ2n) is 17.8. The second kappa shape index (κ2) is 39.4. The molecule has 0 amide bonds. The van der Waals surface area contributed by atoms with Crippen molar-refractivity contribution in [2.24, 2.45) is 5.92 Å². The molecule has 0 aliphatic heterocycles. The van der Waals surface area contributed by atoms with Crippen molar-refractivity contribution in [2.75, 3.05) is 50.5 Å². The summed E-state index contributed by atoms with van der Waals surface area (Å²) in [7, 11) is 1.67. The normalized spacial score (nSPS) is 12.1. The molecule has 9 nitrogen and oxygen atoms in total. The number of carbonyl (C=O) groups excluding carboxylic acids is 2. The highest BCUT2D eigenvalue weighted by molar-refractivity contribution is 5.73. The fourth-order valence-corrected chi connectivity index (χ4v) is 8.33. The molecule has 1 atom stereocenters. The molecule has 0 saturated carbocycles. The van der Waals surface area contributed by atoms with Gasteiger partial charge in [-0.15, -0.1) is 0 Å². The van der Waals surface area contributed by atoms with Crippen LogP contribution in [0.3, 0.4) is 0 Å². The minimum absolute atomic E-state index is 0.0392. The van der Waals surface area contributed by atoms with E-state index in [0.717, 1.165) is 96.7 Å². The van der Waals surface area contributed by atoms with Crippen LogP contribution in [0.1, 0.15) is 240 Å². The Hall–Kier alpha value is -2.42. The molecule has 350 valence electrons. The lowest BCUT2D eigenvalue weighted by molar-refractivity contribution is -0.150. The number of rotatable bonds is 45. The first-order valence-corrected chi connectivity index (χ1v) is 25.6. The first kappa shape index (κ1) is 55.6. The van der Waals surface area contributed by atoms with E-state index in [4.69, 9.17) is 9.47 Å². The van der Waals surface area contributed by atoms with E-state index in [1.807, 2.05) is 0 Å². The van der Waals surface area contributed by atoms with Gasteiger partial charge in [0.05, 0.1) is 6.61 Å². The van der Waals surface area contributed by atoms with Gasteiger partial charge in [0.25, 0.3) is 10.9 Å². The molecule has 2 N–H and O–H groups in total. The van der Waals surface area contributed by atoms with Gasteiger partial charge in [0.15, 0.2) is 0 Å². The fourth-order valence-electron chi connectivity index (χ4n) is 8.33. The second-order valence-corrected chi connectivity index (χ2v) is 17.8. The van der Waals surface area contributed by atoms with E-state index in [9.17, 15) is 19.2 Å². The topological polar surface area (TPSA) is 114 Å². The van der Waals surface area contributed by atoms with Gasteiger partial charge in [0.2, 0.25) is 0 Å². The van der Waals surface area contributed by atoms with Crippen LogP contribution in [0.15, 0.2) is 9.59 Å². The predicted octanol–water partition coefficient (Wildman–Crippen LogP) is 13.1. The van der Waals surface area contributed by atoms with Crippen LogP contribution in [0.25, 0.3) is 0 Å². The summed E-state index contributed by atoms with van der Waals surface area (Å²) in [4.78, 5) is 51.6. The summed E-state index contributed by atoms with van der Waals surface area (Å²) in [6.07, 6.45) is 37.5. The molecular weight excluding hydrogens is 751 g/mol. The van der Waals surface area contributed by atoms with Gasteiger partial charge in [-0.1, -0.05) is 163 Å². The molecule has 60 heavy (non-hydrogen) atoms. The number of ether oxygens (including phenoxy) is 2. The van der Waals surface area contributed by atoms with E-state index in [1.165, 1.54) is 122 Å². The van der Waals surface area contributed by atoms with E-state index >= 15 is 0 Å². The maximum Gasteiger partial charge on any atom is 0.306 e.